The second kappa shape index (κ2) is 11.7. The Hall–Kier alpha value is -3.58. The third-order valence-electron chi connectivity index (χ3n) is 7.78. The molecule has 39 heavy (non-hydrogen) atoms. The van der Waals surface area contributed by atoms with Crippen LogP contribution >= 0.6 is 11.6 Å². The minimum absolute atomic E-state index is 0.0261. The van der Waals surface area contributed by atoms with Crippen LogP contribution in [0.3, 0.4) is 0 Å². The number of likely N-dealkylation sites (tertiary alicyclic amines) is 1. The normalized spacial score (nSPS) is 18.3. The van der Waals surface area contributed by atoms with E-state index in [-0.39, 0.29) is 22.4 Å². The van der Waals surface area contributed by atoms with Gasteiger partial charge in [-0.25, -0.2) is 4.39 Å². The summed E-state index contributed by atoms with van der Waals surface area (Å²) >= 11 is 6.13. The van der Waals surface area contributed by atoms with Crippen LogP contribution in [0.5, 0.6) is 0 Å². The van der Waals surface area contributed by atoms with Gasteiger partial charge < -0.3 is 20.0 Å². The van der Waals surface area contributed by atoms with Crippen molar-refractivity contribution in [2.75, 3.05) is 56.6 Å². The zero-order valence-corrected chi connectivity index (χ0v) is 23.1. The molecule has 3 aromatic rings. The topological polar surface area (TPSA) is 55.9 Å². The maximum absolute atomic E-state index is 14.3. The minimum Gasteiger partial charge on any atom is -0.377 e. The average molecular weight is 549 g/mol. The number of rotatable bonds is 8. The molecule has 3 aromatic carbocycles. The Bertz CT molecular complexity index is 1330. The third kappa shape index (κ3) is 5.88. The van der Waals surface area contributed by atoms with Crippen LogP contribution in [0.1, 0.15) is 32.7 Å². The Labute approximate surface area is 234 Å². The Balaban J connectivity index is 1.12. The van der Waals surface area contributed by atoms with Crippen LogP contribution in [0.25, 0.3) is 0 Å². The zero-order valence-electron chi connectivity index (χ0n) is 22.4. The molecule has 2 amide bonds. The fourth-order valence-electron chi connectivity index (χ4n) is 5.78. The monoisotopic (exact) mass is 548 g/mol. The molecule has 204 valence electrons. The van der Waals surface area contributed by atoms with E-state index < -0.39 is 5.82 Å². The highest BCUT2D eigenvalue weighted by Gasteiger charge is 2.42. The van der Waals surface area contributed by atoms with Crippen molar-refractivity contribution in [2.24, 2.45) is 11.8 Å². The number of carbonyl (C=O) groups excluding carboxylic acids is 2. The number of hydrogen-bond donors (Lipinski definition) is 1. The molecule has 1 N–H and O–H groups in total. The molecular weight excluding hydrogens is 515 g/mol. The van der Waals surface area contributed by atoms with E-state index in [0.717, 1.165) is 31.6 Å². The summed E-state index contributed by atoms with van der Waals surface area (Å²) in [4.78, 5) is 31.7. The number of nitrogens with one attached hydrogen (secondary N) is 1. The molecule has 0 aliphatic carbocycles. The summed E-state index contributed by atoms with van der Waals surface area (Å²) in [5, 5.41) is 3.21. The number of nitrogens with zero attached hydrogens (tertiary/aromatic N) is 3. The summed E-state index contributed by atoms with van der Waals surface area (Å²) in [5.74, 6) is -0.243. The largest absolute Gasteiger partial charge is 0.377 e. The molecule has 0 saturated carbocycles. The number of amides is 2. The molecular formula is C31H34ClFN4O2. The van der Waals surface area contributed by atoms with Gasteiger partial charge in [0.05, 0.1) is 16.1 Å². The van der Waals surface area contributed by atoms with Gasteiger partial charge in [0.15, 0.2) is 0 Å². The van der Waals surface area contributed by atoms with Crippen LogP contribution in [0.15, 0.2) is 66.7 Å². The summed E-state index contributed by atoms with van der Waals surface area (Å²) < 4.78 is 14.3. The summed E-state index contributed by atoms with van der Waals surface area (Å²) in [7, 11) is 3.87. The van der Waals surface area contributed by atoms with Gasteiger partial charge >= 0.3 is 0 Å². The molecule has 5 rings (SSSR count). The third-order valence-corrected chi connectivity index (χ3v) is 8.10. The van der Waals surface area contributed by atoms with Crippen molar-refractivity contribution in [1.82, 2.24) is 10.2 Å². The SMILES string of the molecule is CN(C)c1ccccc1C(=O)NCCCc1cccc(N2CC3CN(C(=O)c4c(F)cccc4Cl)CC3C2)c1. The van der Waals surface area contributed by atoms with Crippen molar-refractivity contribution < 1.29 is 14.0 Å². The fourth-order valence-corrected chi connectivity index (χ4v) is 6.03. The van der Waals surface area contributed by atoms with Crippen molar-refractivity contribution in [2.45, 2.75) is 12.8 Å². The molecule has 8 heteroatoms. The lowest BCUT2D eigenvalue weighted by Gasteiger charge is -2.24. The van der Waals surface area contributed by atoms with E-state index in [2.05, 4.69) is 34.5 Å². The highest BCUT2D eigenvalue weighted by Crippen LogP contribution is 2.35. The fraction of sp³-hybridized carbons (Fsp3) is 0.355. The Morgan fingerprint density at radius 1 is 0.974 bits per heavy atom. The highest BCUT2D eigenvalue weighted by atomic mass is 35.5. The van der Waals surface area contributed by atoms with Gasteiger partial charge in [0.1, 0.15) is 5.82 Å². The lowest BCUT2D eigenvalue weighted by atomic mass is 10.0. The minimum atomic E-state index is -0.569. The number of para-hydroxylation sites is 1. The number of anilines is 2. The molecule has 2 atom stereocenters. The number of carbonyl (C=O) groups is 2. The molecule has 2 aliphatic rings. The van der Waals surface area contributed by atoms with Crippen molar-refractivity contribution in [1.29, 1.82) is 0 Å². The second-order valence-electron chi connectivity index (χ2n) is 10.7. The van der Waals surface area contributed by atoms with Gasteiger partial charge in [0, 0.05) is 70.0 Å². The van der Waals surface area contributed by atoms with E-state index in [4.69, 9.17) is 11.6 Å². The first-order valence-corrected chi connectivity index (χ1v) is 13.8. The smallest absolute Gasteiger partial charge is 0.258 e. The van der Waals surface area contributed by atoms with Crippen LogP contribution in [-0.4, -0.2) is 63.5 Å². The van der Waals surface area contributed by atoms with E-state index in [1.54, 1.807) is 11.0 Å². The first kappa shape index (κ1) is 27.0. The van der Waals surface area contributed by atoms with Gasteiger partial charge in [-0.15, -0.1) is 0 Å². The number of halogens is 2. The van der Waals surface area contributed by atoms with Gasteiger partial charge in [-0.05, 0) is 54.8 Å². The van der Waals surface area contributed by atoms with Crippen LogP contribution in [0, 0.1) is 17.7 Å². The predicted molar refractivity (Wildman–Crippen MR) is 154 cm³/mol. The molecule has 0 radical (unpaired) electrons. The highest BCUT2D eigenvalue weighted by molar-refractivity contribution is 6.33. The Kier molecular flexibility index (Phi) is 8.07. The average Bonchev–Trinajstić information content (AvgIpc) is 3.51. The van der Waals surface area contributed by atoms with Crippen LogP contribution < -0.4 is 15.1 Å². The van der Waals surface area contributed by atoms with Crippen molar-refractivity contribution in [3.63, 3.8) is 0 Å². The molecule has 2 fully saturated rings. The lowest BCUT2D eigenvalue weighted by Crippen LogP contribution is -2.34. The first-order valence-electron chi connectivity index (χ1n) is 13.4. The van der Waals surface area contributed by atoms with Crippen LogP contribution in [-0.2, 0) is 6.42 Å². The summed E-state index contributed by atoms with van der Waals surface area (Å²) in [5.41, 5.74) is 3.98. The van der Waals surface area contributed by atoms with Crippen molar-refractivity contribution in [3.8, 4) is 0 Å². The van der Waals surface area contributed by atoms with E-state index in [1.165, 1.54) is 23.4 Å². The van der Waals surface area contributed by atoms with Crippen molar-refractivity contribution >= 4 is 34.8 Å². The second-order valence-corrected chi connectivity index (χ2v) is 11.1. The van der Waals surface area contributed by atoms with Crippen LogP contribution in [0.2, 0.25) is 5.02 Å². The first-order chi connectivity index (χ1) is 18.8. The predicted octanol–water partition coefficient (Wildman–Crippen LogP) is 5.12. The molecule has 6 nitrogen and oxygen atoms in total. The standard InChI is InChI=1S/C31H34ClFN4O2/c1-35(2)28-14-4-3-11-25(28)30(38)34-15-7-9-21-8-5-10-24(16-21)36-17-22-19-37(20-23(22)18-36)31(39)29-26(32)12-6-13-27(29)33/h3-6,8,10-14,16,22-23H,7,9,15,17-20H2,1-2H3,(H,34,38). The van der Waals surface area contributed by atoms with Gasteiger partial charge in [-0.2, -0.15) is 0 Å². The van der Waals surface area contributed by atoms with Gasteiger partial charge in [-0.3, -0.25) is 9.59 Å². The summed E-state index contributed by atoms with van der Waals surface area (Å²) in [6, 6.07) is 20.5. The molecule has 0 bridgehead atoms. The van der Waals surface area contributed by atoms with E-state index in [1.807, 2.05) is 43.3 Å². The molecule has 2 heterocycles. The number of aryl methyl sites for hydroxylation is 1. The molecule has 0 spiro atoms. The number of benzene rings is 3. The van der Waals surface area contributed by atoms with E-state index >= 15 is 0 Å². The van der Waals surface area contributed by atoms with Gasteiger partial charge in [-0.1, -0.05) is 41.9 Å². The molecule has 2 unspecified atom stereocenters. The zero-order chi connectivity index (χ0) is 27.5. The van der Waals surface area contributed by atoms with E-state index in [9.17, 15) is 14.0 Å². The van der Waals surface area contributed by atoms with Crippen molar-refractivity contribution in [3.05, 3.63) is 94.3 Å². The quantitative estimate of drug-likeness (QED) is 0.397. The van der Waals surface area contributed by atoms with Gasteiger partial charge in [0.25, 0.3) is 11.8 Å². The maximum atomic E-state index is 14.3. The summed E-state index contributed by atoms with van der Waals surface area (Å²) in [6.45, 7) is 3.56. The number of hydrogen-bond acceptors (Lipinski definition) is 4. The number of fused-ring (bicyclic) bond motifs is 1. The van der Waals surface area contributed by atoms with Crippen LogP contribution in [0.4, 0.5) is 15.8 Å². The van der Waals surface area contributed by atoms with E-state index in [0.29, 0.717) is 37.0 Å². The van der Waals surface area contributed by atoms with Gasteiger partial charge in [0.2, 0.25) is 0 Å². The maximum Gasteiger partial charge on any atom is 0.258 e. The molecule has 2 aliphatic heterocycles. The summed E-state index contributed by atoms with van der Waals surface area (Å²) in [6.07, 6.45) is 1.72. The molecule has 2 saturated heterocycles. The Morgan fingerprint density at radius 3 is 2.41 bits per heavy atom. The lowest BCUT2D eigenvalue weighted by molar-refractivity contribution is 0.0777. The Morgan fingerprint density at radius 2 is 1.69 bits per heavy atom. The molecule has 0 aromatic heterocycles.